The Morgan fingerprint density at radius 1 is 1.17 bits per heavy atom. The Morgan fingerprint density at radius 2 is 1.90 bits per heavy atom. The number of hydrogen-bond donors (Lipinski definition) is 0. The normalized spacial score (nSPS) is 11.1. The van der Waals surface area contributed by atoms with E-state index in [4.69, 9.17) is 21.1 Å². The molecule has 0 aliphatic carbocycles. The largest absolute Gasteiger partial charge is 0.493 e. The van der Waals surface area contributed by atoms with Gasteiger partial charge in [-0.05, 0) is 70.1 Å². The first-order valence-electron chi connectivity index (χ1n) is 8.63. The lowest BCUT2D eigenvalue weighted by atomic mass is 10.0. The Labute approximate surface area is 187 Å². The highest BCUT2D eigenvalue weighted by Gasteiger charge is 2.13. The highest BCUT2D eigenvalue weighted by Crippen LogP contribution is 2.36. The van der Waals surface area contributed by atoms with Crippen LogP contribution in [-0.4, -0.2) is 7.11 Å². The zero-order valence-corrected chi connectivity index (χ0v) is 18.4. The molecular weight excluding hydrogens is 504 g/mol. The molecule has 0 amide bonds. The van der Waals surface area contributed by atoms with Gasteiger partial charge in [0, 0.05) is 10.6 Å². The Balaban J connectivity index is 1.90. The van der Waals surface area contributed by atoms with Gasteiger partial charge < -0.3 is 9.47 Å². The monoisotopic (exact) mass is 519 g/mol. The fraction of sp³-hybridized carbons (Fsp3) is 0.0870. The average molecular weight is 520 g/mol. The Kier molecular flexibility index (Phi) is 7.13. The number of ether oxygens (including phenoxy) is 2. The molecule has 0 bridgehead atoms. The van der Waals surface area contributed by atoms with Gasteiger partial charge in [-0.3, -0.25) is 0 Å². The van der Waals surface area contributed by atoms with Crippen LogP contribution in [-0.2, 0) is 6.61 Å². The number of nitrogens with zero attached hydrogens (tertiary/aromatic N) is 1. The van der Waals surface area contributed by atoms with Crippen LogP contribution in [0.15, 0.2) is 60.7 Å². The molecule has 0 saturated heterocycles. The summed E-state index contributed by atoms with van der Waals surface area (Å²) < 4.78 is 26.3. The van der Waals surface area contributed by atoms with Gasteiger partial charge in [0.2, 0.25) is 0 Å². The second-order valence-electron chi connectivity index (χ2n) is 6.10. The van der Waals surface area contributed by atoms with Crippen molar-refractivity contribution >= 4 is 45.8 Å². The zero-order valence-electron chi connectivity index (χ0n) is 15.5. The van der Waals surface area contributed by atoms with E-state index in [-0.39, 0.29) is 11.1 Å². The molecule has 0 heterocycles. The second kappa shape index (κ2) is 9.77. The molecule has 0 radical (unpaired) electrons. The highest BCUT2D eigenvalue weighted by atomic mass is 127. The molecule has 3 nitrogen and oxygen atoms in total. The summed E-state index contributed by atoms with van der Waals surface area (Å²) in [6, 6.07) is 19.3. The third kappa shape index (κ3) is 5.28. The topological polar surface area (TPSA) is 42.2 Å². The van der Waals surface area contributed by atoms with Crippen LogP contribution >= 0.6 is 34.2 Å². The quantitative estimate of drug-likeness (QED) is 0.206. The Bertz CT molecular complexity index is 1090. The van der Waals surface area contributed by atoms with E-state index in [9.17, 15) is 9.65 Å². The molecule has 0 spiro atoms. The van der Waals surface area contributed by atoms with Crippen LogP contribution in [0.25, 0.3) is 11.6 Å². The summed E-state index contributed by atoms with van der Waals surface area (Å²) >= 11 is 8.06. The van der Waals surface area contributed by atoms with Crippen molar-refractivity contribution in [3.63, 3.8) is 0 Å². The highest BCUT2D eigenvalue weighted by molar-refractivity contribution is 14.1. The lowest BCUT2D eigenvalue weighted by Crippen LogP contribution is -2.00. The minimum Gasteiger partial charge on any atom is -0.493 e. The van der Waals surface area contributed by atoms with Crippen LogP contribution in [0.4, 0.5) is 4.39 Å². The van der Waals surface area contributed by atoms with Gasteiger partial charge in [-0.25, -0.2) is 4.39 Å². The van der Waals surface area contributed by atoms with Crippen LogP contribution < -0.4 is 9.47 Å². The maximum Gasteiger partial charge on any atom is 0.174 e. The number of rotatable bonds is 6. The summed E-state index contributed by atoms with van der Waals surface area (Å²) in [7, 11) is 1.55. The van der Waals surface area contributed by atoms with E-state index in [1.807, 2.05) is 30.3 Å². The second-order valence-corrected chi connectivity index (χ2v) is 7.70. The molecule has 3 rings (SSSR count). The summed E-state index contributed by atoms with van der Waals surface area (Å²) in [5.41, 5.74) is 2.18. The fourth-order valence-corrected chi connectivity index (χ4v) is 3.62. The first kappa shape index (κ1) is 21.2. The van der Waals surface area contributed by atoms with Gasteiger partial charge in [-0.2, -0.15) is 5.26 Å². The first-order chi connectivity index (χ1) is 14.0. The molecule has 0 aromatic heterocycles. The van der Waals surface area contributed by atoms with E-state index < -0.39 is 5.82 Å². The molecule has 6 heteroatoms. The molecule has 29 heavy (non-hydrogen) atoms. The predicted molar refractivity (Wildman–Crippen MR) is 121 cm³/mol. The molecule has 3 aromatic carbocycles. The number of hydrogen-bond acceptors (Lipinski definition) is 3. The van der Waals surface area contributed by atoms with Gasteiger partial charge in [-0.1, -0.05) is 41.9 Å². The lowest BCUT2D eigenvalue weighted by Gasteiger charge is -2.14. The van der Waals surface area contributed by atoms with Crippen LogP contribution in [0.1, 0.15) is 16.7 Å². The third-order valence-corrected chi connectivity index (χ3v) is 5.20. The Hall–Kier alpha value is -2.56. The van der Waals surface area contributed by atoms with E-state index >= 15 is 0 Å². The standard InChI is InChI=1S/C23H16ClFINO2/c1-28-22-12-16(10-17(13-27)19-4-2-3-5-20(19)25)11-21(26)23(22)29-14-15-6-8-18(24)9-7-15/h2-12H,14H2,1H3/b17-10+. The van der Waals surface area contributed by atoms with Crippen LogP contribution in [0.5, 0.6) is 11.5 Å². The molecule has 0 saturated carbocycles. The SMILES string of the molecule is COc1cc(/C=C(\C#N)c2ccccc2F)cc(I)c1OCc1ccc(Cl)cc1. The van der Waals surface area contributed by atoms with Crippen LogP contribution in [0.3, 0.4) is 0 Å². The van der Waals surface area contributed by atoms with Crippen molar-refractivity contribution in [3.8, 4) is 17.6 Å². The van der Waals surface area contributed by atoms with Gasteiger partial charge in [0.1, 0.15) is 12.4 Å². The molecule has 0 aliphatic heterocycles. The summed E-state index contributed by atoms with van der Waals surface area (Å²) in [6.45, 7) is 0.359. The molecule has 3 aromatic rings. The van der Waals surface area contributed by atoms with E-state index in [0.29, 0.717) is 28.7 Å². The van der Waals surface area contributed by atoms with E-state index in [1.54, 1.807) is 37.5 Å². The summed E-state index contributed by atoms with van der Waals surface area (Å²) in [6.07, 6.45) is 1.63. The molecule has 0 N–H and O–H groups in total. The number of benzene rings is 3. The molecule has 0 unspecified atom stereocenters. The number of allylic oxidation sites excluding steroid dienone is 1. The van der Waals surface area contributed by atoms with E-state index in [2.05, 4.69) is 28.7 Å². The van der Waals surface area contributed by atoms with Gasteiger partial charge in [0.15, 0.2) is 11.5 Å². The van der Waals surface area contributed by atoms with Crippen LogP contribution in [0, 0.1) is 20.7 Å². The molecular formula is C23H16ClFINO2. The van der Waals surface area contributed by atoms with Crippen molar-refractivity contribution in [1.82, 2.24) is 0 Å². The maximum atomic E-state index is 14.1. The van der Waals surface area contributed by atoms with Crippen molar-refractivity contribution in [2.45, 2.75) is 6.61 Å². The number of nitriles is 1. The minimum atomic E-state index is -0.440. The average Bonchev–Trinajstić information content (AvgIpc) is 2.72. The van der Waals surface area contributed by atoms with Gasteiger partial charge in [0.05, 0.1) is 22.3 Å². The van der Waals surface area contributed by atoms with Crippen molar-refractivity contribution in [2.75, 3.05) is 7.11 Å². The molecule has 0 atom stereocenters. The van der Waals surface area contributed by atoms with E-state index in [1.165, 1.54) is 6.07 Å². The fourth-order valence-electron chi connectivity index (χ4n) is 2.72. The smallest absolute Gasteiger partial charge is 0.174 e. The van der Waals surface area contributed by atoms with Gasteiger partial charge in [-0.15, -0.1) is 0 Å². The molecule has 0 fully saturated rings. The lowest BCUT2D eigenvalue weighted by molar-refractivity contribution is 0.282. The maximum absolute atomic E-state index is 14.1. The first-order valence-corrected chi connectivity index (χ1v) is 10.1. The Morgan fingerprint density at radius 3 is 2.55 bits per heavy atom. The third-order valence-electron chi connectivity index (χ3n) is 4.14. The van der Waals surface area contributed by atoms with Crippen LogP contribution in [0.2, 0.25) is 5.02 Å². The predicted octanol–water partition coefficient (Wildman–Crippen LogP) is 6.74. The number of methoxy groups -OCH3 is 1. The van der Waals surface area contributed by atoms with Crippen molar-refractivity contribution in [3.05, 3.63) is 91.8 Å². The van der Waals surface area contributed by atoms with Crippen molar-refractivity contribution in [2.24, 2.45) is 0 Å². The minimum absolute atomic E-state index is 0.232. The summed E-state index contributed by atoms with van der Waals surface area (Å²) in [5.74, 6) is 0.692. The van der Waals surface area contributed by atoms with E-state index in [0.717, 1.165) is 9.13 Å². The van der Waals surface area contributed by atoms with Gasteiger partial charge >= 0.3 is 0 Å². The van der Waals surface area contributed by atoms with Gasteiger partial charge in [0.25, 0.3) is 0 Å². The zero-order chi connectivity index (χ0) is 20.8. The summed E-state index contributed by atoms with van der Waals surface area (Å²) in [4.78, 5) is 0. The van der Waals surface area contributed by atoms with Crippen molar-refractivity contribution in [1.29, 1.82) is 5.26 Å². The molecule has 146 valence electrons. The molecule has 0 aliphatic rings. The number of halogens is 3. The van der Waals surface area contributed by atoms with Crippen molar-refractivity contribution < 1.29 is 13.9 Å². The summed E-state index contributed by atoms with van der Waals surface area (Å²) in [5, 5.41) is 10.2.